The first-order chi connectivity index (χ1) is 15.2. The Kier molecular flexibility index (Phi) is 5.63. The third kappa shape index (κ3) is 4.17. The highest BCUT2D eigenvalue weighted by Crippen LogP contribution is 2.36. The minimum absolute atomic E-state index is 0.218. The lowest BCUT2D eigenvalue weighted by Crippen LogP contribution is -2.13. The van der Waals surface area contributed by atoms with Crippen molar-refractivity contribution in [3.05, 3.63) is 88.7 Å². The number of thioether (sulfide) groups is 1. The number of para-hydroxylation sites is 1. The van der Waals surface area contributed by atoms with Crippen LogP contribution in [-0.4, -0.2) is 21.6 Å². The molecule has 1 aliphatic rings. The van der Waals surface area contributed by atoms with Gasteiger partial charge in [-0.25, -0.2) is 4.39 Å². The van der Waals surface area contributed by atoms with Gasteiger partial charge in [-0.05, 0) is 36.4 Å². The van der Waals surface area contributed by atoms with Crippen molar-refractivity contribution in [1.29, 1.82) is 0 Å². The second-order valence-electron chi connectivity index (χ2n) is 6.94. The number of fused-ring (bicyclic) bond motifs is 1. The molecule has 3 aromatic carbocycles. The molecule has 31 heavy (non-hydrogen) atoms. The average Bonchev–Trinajstić information content (AvgIpc) is 3.22. The van der Waals surface area contributed by atoms with Gasteiger partial charge in [0.2, 0.25) is 0 Å². The lowest BCUT2D eigenvalue weighted by atomic mass is 10.1. The molecule has 0 amide bonds. The summed E-state index contributed by atoms with van der Waals surface area (Å²) < 4.78 is 26.9. The summed E-state index contributed by atoms with van der Waals surface area (Å²) >= 11 is 7.81. The van der Waals surface area contributed by atoms with E-state index in [0.717, 1.165) is 22.6 Å². The van der Waals surface area contributed by atoms with Crippen LogP contribution in [0.15, 0.2) is 71.9 Å². The number of rotatable bonds is 5. The van der Waals surface area contributed by atoms with Crippen LogP contribution in [0.2, 0.25) is 5.02 Å². The van der Waals surface area contributed by atoms with Gasteiger partial charge in [-0.15, -0.1) is 10.2 Å². The molecule has 0 unspecified atom stereocenters. The summed E-state index contributed by atoms with van der Waals surface area (Å²) in [6.45, 7) is 0.688. The Morgan fingerprint density at radius 1 is 1.03 bits per heavy atom. The van der Waals surface area contributed by atoms with Gasteiger partial charge in [0.25, 0.3) is 0 Å². The molecule has 5 rings (SSSR count). The normalized spacial score (nSPS) is 13.0. The quantitative estimate of drug-likeness (QED) is 0.353. The lowest BCUT2D eigenvalue weighted by Gasteiger charge is -2.21. The maximum atomic E-state index is 13.9. The first-order valence-electron chi connectivity index (χ1n) is 9.60. The molecule has 4 aromatic rings. The number of benzene rings is 3. The van der Waals surface area contributed by atoms with Gasteiger partial charge in [-0.3, -0.25) is 4.57 Å². The van der Waals surface area contributed by atoms with Crippen LogP contribution in [0.4, 0.5) is 4.39 Å². The van der Waals surface area contributed by atoms with Crippen molar-refractivity contribution in [2.24, 2.45) is 0 Å². The van der Waals surface area contributed by atoms with Gasteiger partial charge >= 0.3 is 0 Å². The molecule has 2 heterocycles. The highest BCUT2D eigenvalue weighted by atomic mass is 35.5. The van der Waals surface area contributed by atoms with Crippen molar-refractivity contribution in [3.8, 4) is 22.8 Å². The van der Waals surface area contributed by atoms with Crippen LogP contribution in [0.25, 0.3) is 17.1 Å². The van der Waals surface area contributed by atoms with E-state index in [1.165, 1.54) is 23.9 Å². The fourth-order valence-corrected chi connectivity index (χ4v) is 4.68. The third-order valence-electron chi connectivity index (χ3n) is 4.84. The van der Waals surface area contributed by atoms with Crippen LogP contribution in [-0.2, 0) is 17.1 Å². The van der Waals surface area contributed by atoms with Gasteiger partial charge in [0.1, 0.15) is 11.6 Å². The number of nitrogens with zero attached hydrogens (tertiary/aromatic N) is 3. The third-order valence-corrected chi connectivity index (χ3v) is 6.04. The Balaban J connectivity index is 1.53. The molecule has 1 aromatic heterocycles. The smallest absolute Gasteiger partial charge is 0.196 e. The van der Waals surface area contributed by atoms with Crippen LogP contribution in [0.1, 0.15) is 11.1 Å². The van der Waals surface area contributed by atoms with E-state index in [4.69, 9.17) is 21.1 Å². The van der Waals surface area contributed by atoms with E-state index in [1.807, 2.05) is 53.1 Å². The molecule has 0 bridgehead atoms. The summed E-state index contributed by atoms with van der Waals surface area (Å²) in [6.07, 6.45) is 0. The van der Waals surface area contributed by atoms with Gasteiger partial charge in [0.15, 0.2) is 17.8 Å². The standard InChI is InChI=1S/C23H17ClFN3O2S/c24-18-9-16-12-29-14-30-21(16)17(10-18)13-31-23-27-26-22(15-5-4-6-19(25)11-15)28(23)20-7-2-1-3-8-20/h1-11H,12-14H2. The number of hydrogen-bond acceptors (Lipinski definition) is 5. The van der Waals surface area contributed by atoms with Crippen LogP contribution in [0.5, 0.6) is 5.75 Å². The zero-order chi connectivity index (χ0) is 21.2. The molecule has 5 nitrogen and oxygen atoms in total. The number of hydrogen-bond donors (Lipinski definition) is 0. The van der Waals surface area contributed by atoms with Gasteiger partial charge in [-0.2, -0.15) is 0 Å². The van der Waals surface area contributed by atoms with Crippen LogP contribution in [0, 0.1) is 5.82 Å². The maximum absolute atomic E-state index is 13.9. The van der Waals surface area contributed by atoms with Crippen LogP contribution >= 0.6 is 23.4 Å². The molecule has 0 saturated heterocycles. The summed E-state index contributed by atoms with van der Waals surface area (Å²) in [4.78, 5) is 0. The molecule has 0 fully saturated rings. The van der Waals surface area contributed by atoms with Crippen molar-refractivity contribution in [2.75, 3.05) is 6.79 Å². The molecule has 0 N–H and O–H groups in total. The zero-order valence-electron chi connectivity index (χ0n) is 16.3. The van der Waals surface area contributed by atoms with Crippen molar-refractivity contribution >= 4 is 23.4 Å². The van der Waals surface area contributed by atoms with E-state index in [2.05, 4.69) is 10.2 Å². The van der Waals surface area contributed by atoms with Crippen molar-refractivity contribution in [2.45, 2.75) is 17.5 Å². The van der Waals surface area contributed by atoms with E-state index < -0.39 is 0 Å². The predicted molar refractivity (Wildman–Crippen MR) is 118 cm³/mol. The Labute approximate surface area is 187 Å². The van der Waals surface area contributed by atoms with E-state index in [-0.39, 0.29) is 12.6 Å². The van der Waals surface area contributed by atoms with Gasteiger partial charge in [0, 0.05) is 33.2 Å². The highest BCUT2D eigenvalue weighted by Gasteiger charge is 2.20. The first-order valence-corrected chi connectivity index (χ1v) is 11.0. The minimum atomic E-state index is -0.320. The number of halogens is 2. The topological polar surface area (TPSA) is 49.2 Å². The van der Waals surface area contributed by atoms with E-state index in [0.29, 0.717) is 33.9 Å². The second-order valence-corrected chi connectivity index (χ2v) is 8.32. The number of aromatic nitrogens is 3. The Morgan fingerprint density at radius 3 is 2.74 bits per heavy atom. The second kappa shape index (κ2) is 8.70. The lowest BCUT2D eigenvalue weighted by molar-refractivity contribution is -0.0168. The molecule has 0 radical (unpaired) electrons. The molecular weight excluding hydrogens is 437 g/mol. The number of ether oxygens (including phenoxy) is 2. The maximum Gasteiger partial charge on any atom is 0.196 e. The van der Waals surface area contributed by atoms with E-state index >= 15 is 0 Å². The van der Waals surface area contributed by atoms with Crippen molar-refractivity contribution < 1.29 is 13.9 Å². The molecule has 8 heteroatoms. The predicted octanol–water partition coefficient (Wildman–Crippen LogP) is 5.89. The summed E-state index contributed by atoms with van der Waals surface area (Å²) in [7, 11) is 0. The molecule has 0 atom stereocenters. The molecule has 156 valence electrons. The minimum Gasteiger partial charge on any atom is -0.467 e. The van der Waals surface area contributed by atoms with Crippen LogP contribution in [0.3, 0.4) is 0 Å². The first kappa shape index (κ1) is 20.1. The highest BCUT2D eigenvalue weighted by molar-refractivity contribution is 7.98. The summed E-state index contributed by atoms with van der Waals surface area (Å²) in [5.74, 6) is 1.64. The van der Waals surface area contributed by atoms with Gasteiger partial charge in [0.05, 0.1) is 6.61 Å². The molecule has 0 spiro atoms. The van der Waals surface area contributed by atoms with Gasteiger partial charge < -0.3 is 9.47 Å². The van der Waals surface area contributed by atoms with Crippen LogP contribution < -0.4 is 4.74 Å². The summed E-state index contributed by atoms with van der Waals surface area (Å²) in [6, 6.07) is 19.9. The van der Waals surface area contributed by atoms with E-state index in [1.54, 1.807) is 6.07 Å². The van der Waals surface area contributed by atoms with E-state index in [9.17, 15) is 4.39 Å². The Morgan fingerprint density at radius 2 is 1.90 bits per heavy atom. The Bertz CT molecular complexity index is 1230. The van der Waals surface area contributed by atoms with Crippen molar-refractivity contribution in [1.82, 2.24) is 14.8 Å². The molecule has 0 saturated carbocycles. The monoisotopic (exact) mass is 453 g/mol. The molecule has 0 aliphatic carbocycles. The fourth-order valence-electron chi connectivity index (χ4n) is 3.49. The van der Waals surface area contributed by atoms with Gasteiger partial charge in [-0.1, -0.05) is 53.7 Å². The zero-order valence-corrected chi connectivity index (χ0v) is 17.9. The average molecular weight is 454 g/mol. The van der Waals surface area contributed by atoms with Crippen molar-refractivity contribution in [3.63, 3.8) is 0 Å². The summed E-state index contributed by atoms with van der Waals surface area (Å²) in [5.41, 5.74) is 3.45. The largest absolute Gasteiger partial charge is 0.467 e. The molecular formula is C23H17ClFN3O2S. The summed E-state index contributed by atoms with van der Waals surface area (Å²) in [5, 5.41) is 10.1. The SMILES string of the molecule is Fc1cccc(-c2nnc(SCc3cc(Cl)cc4c3OCOC4)n2-c2ccccc2)c1. The fraction of sp³-hybridized carbons (Fsp3) is 0.130. The Hall–Kier alpha value is -2.87. The molecule has 1 aliphatic heterocycles.